The van der Waals surface area contributed by atoms with Crippen molar-refractivity contribution in [3.63, 3.8) is 0 Å². The number of hydrogen-bond donors (Lipinski definition) is 0. The average Bonchev–Trinajstić information content (AvgIpc) is 3.56. The van der Waals surface area contributed by atoms with Crippen LogP contribution in [0.25, 0.3) is 56.0 Å². The van der Waals surface area contributed by atoms with E-state index in [-0.39, 0.29) is 0 Å². The molecule has 2 heteroatoms. The molecule has 0 amide bonds. The average molecular weight is 662 g/mol. The van der Waals surface area contributed by atoms with Gasteiger partial charge >= 0.3 is 255 Å². The van der Waals surface area contributed by atoms with E-state index in [4.69, 9.17) is 0 Å². The molecule has 8 rings (SSSR count). The third-order valence-corrected chi connectivity index (χ3v) is 14.5. The molecule has 0 radical (unpaired) electrons. The molecule has 6 aromatic rings. The number of fused-ring (bicyclic) bond motifs is 4. The Morgan fingerprint density at radius 3 is 1.27 bits per heavy atom. The summed E-state index contributed by atoms with van der Waals surface area (Å²) in [6.07, 6.45) is 5.00. The fourth-order valence-electron chi connectivity index (χ4n) is 7.10. The first-order valence-corrected chi connectivity index (χ1v) is 21.6. The molecule has 44 heavy (non-hydrogen) atoms. The first kappa shape index (κ1) is 29.1. The Hall–Kier alpha value is -3.58. The zero-order valence-electron chi connectivity index (χ0n) is 26.1. The third kappa shape index (κ3) is 5.13. The second-order valence-electron chi connectivity index (χ2n) is 12.2. The second-order valence-corrected chi connectivity index (χ2v) is 17.3. The van der Waals surface area contributed by atoms with Crippen molar-refractivity contribution >= 4 is 43.2 Å². The number of hydrogen-bond acceptors (Lipinski definition) is 0. The van der Waals surface area contributed by atoms with E-state index in [2.05, 4.69) is 160 Å². The molecule has 0 spiro atoms. The summed E-state index contributed by atoms with van der Waals surface area (Å²) in [4.78, 5) is 0. The van der Waals surface area contributed by atoms with Gasteiger partial charge in [-0.1, -0.05) is 13.1 Å². The van der Waals surface area contributed by atoms with Gasteiger partial charge in [-0.2, -0.15) is 0 Å². The first-order chi connectivity index (χ1) is 21.6. The van der Waals surface area contributed by atoms with E-state index in [1.54, 1.807) is 22.3 Å². The van der Waals surface area contributed by atoms with Crippen LogP contribution in [-0.4, -0.2) is 9.52 Å². The van der Waals surface area contributed by atoms with Gasteiger partial charge in [-0.05, 0) is 0 Å². The fourth-order valence-corrected chi connectivity index (χ4v) is 11.7. The Bertz CT molecular complexity index is 1920. The Kier molecular flexibility index (Phi) is 8.23. The Labute approximate surface area is 276 Å². The van der Waals surface area contributed by atoms with Gasteiger partial charge in [0.1, 0.15) is 0 Å². The maximum atomic E-state index is 2.50. The van der Waals surface area contributed by atoms with Crippen LogP contribution in [0.2, 0.25) is 13.1 Å². The first-order valence-electron chi connectivity index (χ1n) is 15.9. The van der Waals surface area contributed by atoms with Crippen LogP contribution < -0.4 is 0 Å². The van der Waals surface area contributed by atoms with Crippen LogP contribution in [0.5, 0.6) is 0 Å². The maximum absolute atomic E-state index is 2.50. The van der Waals surface area contributed by atoms with Crippen molar-refractivity contribution in [1.82, 2.24) is 0 Å². The molecule has 6 aromatic carbocycles. The Morgan fingerprint density at radius 1 is 0.455 bits per heavy atom. The molecule has 2 unspecified atom stereocenters. The molecule has 2 aliphatic carbocycles. The van der Waals surface area contributed by atoms with Gasteiger partial charge in [0.2, 0.25) is 0 Å². The Morgan fingerprint density at radius 2 is 0.818 bits per heavy atom. The van der Waals surface area contributed by atoms with E-state index in [0.29, 0.717) is 16.8 Å². The van der Waals surface area contributed by atoms with Crippen molar-refractivity contribution in [3.8, 4) is 22.3 Å². The quantitative estimate of drug-likeness (QED) is 0.165. The minimum absolute atomic E-state index is 0.417. The molecule has 0 nitrogen and oxygen atoms in total. The Balaban J connectivity index is 0.00000100. The van der Waals surface area contributed by atoms with E-state index in [0.717, 1.165) is 0 Å². The van der Waals surface area contributed by atoms with E-state index >= 15 is 0 Å². The van der Waals surface area contributed by atoms with Gasteiger partial charge in [0.25, 0.3) is 0 Å². The smallest absolute Gasteiger partial charge is 0.0135 e. The van der Waals surface area contributed by atoms with Crippen molar-refractivity contribution in [2.45, 2.75) is 34.2 Å². The zero-order valence-corrected chi connectivity index (χ0v) is 29.9. The van der Waals surface area contributed by atoms with Gasteiger partial charge in [-0.3, -0.25) is 0 Å². The molecule has 0 fully saturated rings. The number of allylic oxidation sites excluding steroid dienone is 2. The van der Waals surface area contributed by atoms with Crippen LogP contribution in [0.4, 0.5) is 0 Å². The van der Waals surface area contributed by atoms with E-state index in [1.165, 1.54) is 54.9 Å². The summed E-state index contributed by atoms with van der Waals surface area (Å²) in [5.74, 6) is 0. The van der Waals surface area contributed by atoms with Gasteiger partial charge < -0.3 is 0 Å². The van der Waals surface area contributed by atoms with Gasteiger partial charge in [-0.25, -0.2) is 0 Å². The minimum Gasteiger partial charge on any atom is -0.0750 e. The standard InChI is InChI=1S/2C20H15.C2H8Si.Zr/c2*1-14-12-16-8-5-11-19(20(16)13-14)18-10-4-7-15-6-2-3-9-17(15)18;1-3-2;/h2*2-13H,1H3;3H2,1-2H3;. The summed E-state index contributed by atoms with van der Waals surface area (Å²) in [6.45, 7) is 9.28. The van der Waals surface area contributed by atoms with Crippen molar-refractivity contribution in [1.29, 1.82) is 0 Å². The van der Waals surface area contributed by atoms with E-state index < -0.39 is 23.2 Å². The van der Waals surface area contributed by atoms with Crippen molar-refractivity contribution in [2.75, 3.05) is 0 Å². The molecule has 0 heterocycles. The van der Waals surface area contributed by atoms with Gasteiger partial charge in [-0.15, -0.1) is 0 Å². The molecular weight excluding hydrogens is 624 g/mol. The molecule has 0 saturated carbocycles. The summed E-state index contributed by atoms with van der Waals surface area (Å²) in [6, 6.07) is 45.0. The maximum Gasteiger partial charge on any atom is 0.0135 e. The van der Waals surface area contributed by atoms with Crippen molar-refractivity contribution < 1.29 is 23.2 Å². The van der Waals surface area contributed by atoms with Gasteiger partial charge in [0.15, 0.2) is 0 Å². The topological polar surface area (TPSA) is 0 Å². The number of rotatable bonds is 4. The second kappa shape index (κ2) is 12.4. The largest absolute Gasteiger partial charge is 0.0750 e. The monoisotopic (exact) mass is 660 g/mol. The third-order valence-electron chi connectivity index (χ3n) is 9.05. The van der Waals surface area contributed by atoms with Gasteiger partial charge in [0.05, 0.1) is 0 Å². The molecule has 0 bridgehead atoms. The summed E-state index contributed by atoms with van der Waals surface area (Å²) in [5.41, 5.74) is 14.5. The normalized spacial score (nSPS) is 16.5. The van der Waals surface area contributed by atoms with E-state index in [1.807, 2.05) is 0 Å². The predicted molar refractivity (Wildman–Crippen MR) is 192 cm³/mol. The van der Waals surface area contributed by atoms with Crippen molar-refractivity contribution in [2.24, 2.45) is 0 Å². The number of benzene rings is 6. The zero-order chi connectivity index (χ0) is 30.2. The molecule has 2 atom stereocenters. The van der Waals surface area contributed by atoms with Crippen LogP contribution in [-0.2, 0) is 23.2 Å². The van der Waals surface area contributed by atoms with Crippen LogP contribution in [0.15, 0.2) is 132 Å². The van der Waals surface area contributed by atoms with Crippen LogP contribution >= 0.6 is 0 Å². The molecule has 2 aliphatic rings. The SMILES string of the molecule is CC1=Cc2c(-c3cccc4ccccc34)cccc2[CH]1[Zr][CH]1C(C)=Cc2c(-c3cccc4ccccc34)cccc21.C[SiH2]C. The van der Waals surface area contributed by atoms with Crippen LogP contribution in [0.3, 0.4) is 0 Å². The summed E-state index contributed by atoms with van der Waals surface area (Å²) < 4.78 is 1.17. The van der Waals surface area contributed by atoms with Crippen molar-refractivity contribution in [3.05, 3.63) is 155 Å². The minimum atomic E-state index is -0.930. The molecule has 0 aliphatic heterocycles. The van der Waals surface area contributed by atoms with Crippen LogP contribution in [0, 0.1) is 0 Å². The summed E-state index contributed by atoms with van der Waals surface area (Å²) in [5, 5.41) is 5.28. The predicted octanol–water partition coefficient (Wildman–Crippen LogP) is 11.3. The fraction of sp³-hybridized carbons (Fsp3) is 0.143. The van der Waals surface area contributed by atoms with Gasteiger partial charge in [0, 0.05) is 9.52 Å². The van der Waals surface area contributed by atoms with E-state index in [9.17, 15) is 0 Å². The molecule has 0 N–H and O–H groups in total. The summed E-state index contributed by atoms with van der Waals surface area (Å²) in [7, 11) is 0.417. The molecule has 0 saturated heterocycles. The van der Waals surface area contributed by atoms with Crippen LogP contribution in [0.1, 0.15) is 43.4 Å². The molecule has 0 aromatic heterocycles. The molecular formula is C42H38SiZr. The summed E-state index contributed by atoms with van der Waals surface area (Å²) >= 11 is -0.930. The molecule has 214 valence electrons.